The first-order valence-electron chi connectivity index (χ1n) is 13.2. The molecule has 1 aromatic carbocycles. The van der Waals surface area contributed by atoms with E-state index in [1.54, 1.807) is 29.2 Å². The van der Waals surface area contributed by atoms with Gasteiger partial charge in [0.25, 0.3) is 11.8 Å². The fraction of sp³-hybridized carbons (Fsp3) is 0.519. The number of hydrogen-bond donors (Lipinski definition) is 2. The number of urea groups is 1. The maximum Gasteiger partial charge on any atom is 0.317 e. The molecule has 5 rings (SSSR count). The molecule has 0 bridgehead atoms. The zero-order chi connectivity index (χ0) is 25.6. The van der Waals surface area contributed by atoms with Crippen LogP contribution < -0.4 is 15.5 Å². The maximum atomic E-state index is 13.6. The minimum Gasteiger partial charge on any atom is -0.459 e. The standard InChI is InChI=1S/C27H35N5O5/c33-25(24-7-4-16-37-24)28-21-8-9-23(22(19-21)26(34)31-14-17-36-18-15-31)30-10-12-32(13-11-30)27(35)29-20-5-2-1-3-6-20/h4,7-9,16,19-20H,1-3,5-6,10-15,17-18H2,(H,28,33)(H,29,35). The summed E-state index contributed by atoms with van der Waals surface area (Å²) in [6, 6.07) is 8.94. The number of nitrogens with zero attached hydrogens (tertiary/aromatic N) is 3. The van der Waals surface area contributed by atoms with Gasteiger partial charge in [-0.2, -0.15) is 0 Å². The number of ether oxygens (including phenoxy) is 1. The second-order valence-electron chi connectivity index (χ2n) is 9.83. The lowest BCUT2D eigenvalue weighted by Gasteiger charge is -2.38. The molecular formula is C27H35N5O5. The predicted octanol–water partition coefficient (Wildman–Crippen LogP) is 3.17. The molecule has 0 spiro atoms. The van der Waals surface area contributed by atoms with Crippen LogP contribution in [-0.4, -0.2) is 86.2 Å². The van der Waals surface area contributed by atoms with Crippen LogP contribution in [0.25, 0.3) is 0 Å². The smallest absolute Gasteiger partial charge is 0.317 e. The summed E-state index contributed by atoms with van der Waals surface area (Å²) in [5.74, 6) is -0.266. The molecule has 2 saturated heterocycles. The van der Waals surface area contributed by atoms with Gasteiger partial charge in [0.2, 0.25) is 0 Å². The van der Waals surface area contributed by atoms with E-state index in [9.17, 15) is 14.4 Å². The van der Waals surface area contributed by atoms with Gasteiger partial charge in [0.15, 0.2) is 5.76 Å². The van der Waals surface area contributed by atoms with Crippen molar-refractivity contribution in [3.05, 3.63) is 47.9 Å². The van der Waals surface area contributed by atoms with Crippen molar-refractivity contribution in [2.45, 2.75) is 38.1 Å². The van der Waals surface area contributed by atoms with Gasteiger partial charge in [0.05, 0.1) is 25.0 Å². The van der Waals surface area contributed by atoms with Gasteiger partial charge in [-0.1, -0.05) is 19.3 Å². The minimum atomic E-state index is -0.375. The molecule has 2 N–H and O–H groups in total. The highest BCUT2D eigenvalue weighted by atomic mass is 16.5. The molecule has 3 heterocycles. The van der Waals surface area contributed by atoms with Gasteiger partial charge in [-0.3, -0.25) is 9.59 Å². The van der Waals surface area contributed by atoms with E-state index in [2.05, 4.69) is 15.5 Å². The van der Waals surface area contributed by atoms with Crippen LogP contribution in [0.5, 0.6) is 0 Å². The van der Waals surface area contributed by atoms with Gasteiger partial charge >= 0.3 is 6.03 Å². The SMILES string of the molecule is O=C(Nc1ccc(N2CCN(C(=O)NC3CCCCC3)CC2)c(C(=O)N2CCOCC2)c1)c1ccco1. The van der Waals surface area contributed by atoms with Gasteiger partial charge in [0.1, 0.15) is 0 Å². The van der Waals surface area contributed by atoms with E-state index in [4.69, 9.17) is 9.15 Å². The normalized spacial score (nSPS) is 19.0. The molecule has 0 unspecified atom stereocenters. The van der Waals surface area contributed by atoms with Crippen LogP contribution in [0.2, 0.25) is 0 Å². The molecule has 1 aromatic heterocycles. The van der Waals surface area contributed by atoms with E-state index in [0.717, 1.165) is 18.5 Å². The molecule has 2 aliphatic heterocycles. The molecule has 0 radical (unpaired) electrons. The first-order chi connectivity index (χ1) is 18.1. The summed E-state index contributed by atoms with van der Waals surface area (Å²) in [6.07, 6.45) is 7.17. The number of morpholine rings is 1. The number of nitrogens with one attached hydrogen (secondary N) is 2. The average molecular weight is 510 g/mol. The van der Waals surface area contributed by atoms with Crippen molar-refractivity contribution in [1.29, 1.82) is 0 Å². The largest absolute Gasteiger partial charge is 0.459 e. The summed E-state index contributed by atoms with van der Waals surface area (Å²) in [4.78, 5) is 44.7. The second kappa shape index (κ2) is 11.7. The van der Waals surface area contributed by atoms with Gasteiger partial charge < -0.3 is 34.5 Å². The lowest BCUT2D eigenvalue weighted by atomic mass is 9.96. The molecule has 10 nitrogen and oxygen atoms in total. The highest BCUT2D eigenvalue weighted by Crippen LogP contribution is 2.28. The molecule has 0 atom stereocenters. The minimum absolute atomic E-state index is 0.00662. The topological polar surface area (TPSA) is 107 Å². The van der Waals surface area contributed by atoms with Crippen LogP contribution in [-0.2, 0) is 4.74 Å². The van der Waals surface area contributed by atoms with E-state index in [1.165, 1.54) is 25.5 Å². The number of amides is 4. The van der Waals surface area contributed by atoms with Crippen molar-refractivity contribution in [2.24, 2.45) is 0 Å². The summed E-state index contributed by atoms with van der Waals surface area (Å²) in [5, 5.41) is 6.03. The van der Waals surface area contributed by atoms with Gasteiger partial charge in [0, 0.05) is 56.7 Å². The lowest BCUT2D eigenvalue weighted by molar-refractivity contribution is 0.0303. The Kier molecular flexibility index (Phi) is 7.93. The van der Waals surface area contributed by atoms with Crippen molar-refractivity contribution < 1.29 is 23.5 Å². The Labute approximate surface area is 216 Å². The molecule has 3 aliphatic rings. The molecule has 3 fully saturated rings. The molecule has 1 saturated carbocycles. The van der Waals surface area contributed by atoms with E-state index in [-0.39, 0.29) is 29.6 Å². The van der Waals surface area contributed by atoms with Crippen LogP contribution in [0.15, 0.2) is 41.0 Å². The number of furan rings is 1. The average Bonchev–Trinajstić information content (AvgIpc) is 3.49. The van der Waals surface area contributed by atoms with Gasteiger partial charge in [-0.05, 0) is 43.2 Å². The predicted molar refractivity (Wildman–Crippen MR) is 139 cm³/mol. The number of carbonyl (C=O) groups is 3. The van der Waals surface area contributed by atoms with Crippen molar-refractivity contribution in [3.8, 4) is 0 Å². The Balaban J connectivity index is 1.29. The summed E-state index contributed by atoms with van der Waals surface area (Å²) < 4.78 is 10.6. The van der Waals surface area contributed by atoms with Crippen LogP contribution in [0.4, 0.5) is 16.2 Å². The third-order valence-corrected chi connectivity index (χ3v) is 7.37. The van der Waals surface area contributed by atoms with Crippen molar-refractivity contribution in [3.63, 3.8) is 0 Å². The van der Waals surface area contributed by atoms with Crippen molar-refractivity contribution >= 4 is 29.2 Å². The number of carbonyl (C=O) groups excluding carboxylic acids is 3. The Hall–Kier alpha value is -3.53. The zero-order valence-electron chi connectivity index (χ0n) is 21.1. The molecule has 2 aromatic rings. The fourth-order valence-corrected chi connectivity index (χ4v) is 5.26. The molecular weight excluding hydrogens is 474 g/mol. The van der Waals surface area contributed by atoms with Crippen molar-refractivity contribution in [2.75, 3.05) is 62.7 Å². The number of benzene rings is 1. The Morgan fingerprint density at radius 1 is 0.865 bits per heavy atom. The quantitative estimate of drug-likeness (QED) is 0.641. The number of anilines is 2. The van der Waals surface area contributed by atoms with Gasteiger partial charge in [-0.15, -0.1) is 0 Å². The number of hydrogen-bond acceptors (Lipinski definition) is 6. The van der Waals surface area contributed by atoms with E-state index in [0.29, 0.717) is 63.7 Å². The fourth-order valence-electron chi connectivity index (χ4n) is 5.26. The molecule has 1 aliphatic carbocycles. The summed E-state index contributed by atoms with van der Waals surface area (Å²) in [6.45, 7) is 4.48. The van der Waals surface area contributed by atoms with E-state index < -0.39 is 0 Å². The van der Waals surface area contributed by atoms with Gasteiger partial charge in [-0.25, -0.2) is 4.79 Å². The monoisotopic (exact) mass is 509 g/mol. The number of piperazine rings is 1. The first kappa shape index (κ1) is 25.1. The molecule has 198 valence electrons. The Bertz CT molecular complexity index is 1080. The van der Waals surface area contributed by atoms with Crippen molar-refractivity contribution in [1.82, 2.24) is 15.1 Å². The van der Waals surface area contributed by atoms with Crippen LogP contribution in [0, 0.1) is 0 Å². The molecule has 10 heteroatoms. The second-order valence-corrected chi connectivity index (χ2v) is 9.83. The third-order valence-electron chi connectivity index (χ3n) is 7.37. The maximum absolute atomic E-state index is 13.6. The number of rotatable bonds is 5. The Morgan fingerprint density at radius 3 is 2.32 bits per heavy atom. The Morgan fingerprint density at radius 2 is 1.62 bits per heavy atom. The van der Waals surface area contributed by atoms with Crippen LogP contribution in [0.3, 0.4) is 0 Å². The van der Waals surface area contributed by atoms with E-state index in [1.807, 2.05) is 11.0 Å². The third kappa shape index (κ3) is 6.07. The summed E-state index contributed by atoms with van der Waals surface area (Å²) in [7, 11) is 0. The first-order valence-corrected chi connectivity index (χ1v) is 13.2. The molecule has 37 heavy (non-hydrogen) atoms. The molecule has 4 amide bonds. The van der Waals surface area contributed by atoms with E-state index >= 15 is 0 Å². The summed E-state index contributed by atoms with van der Waals surface area (Å²) in [5.41, 5.74) is 1.85. The highest BCUT2D eigenvalue weighted by molar-refractivity contribution is 6.05. The lowest BCUT2D eigenvalue weighted by Crippen LogP contribution is -2.54. The zero-order valence-corrected chi connectivity index (χ0v) is 21.1. The van der Waals surface area contributed by atoms with Crippen LogP contribution in [0.1, 0.15) is 53.0 Å². The highest BCUT2D eigenvalue weighted by Gasteiger charge is 2.28. The summed E-state index contributed by atoms with van der Waals surface area (Å²) >= 11 is 0. The van der Waals surface area contributed by atoms with Crippen LogP contribution >= 0.6 is 0 Å².